The minimum Gasteiger partial charge on any atom is -0.508 e. The van der Waals surface area contributed by atoms with E-state index in [1.807, 2.05) is 18.2 Å². The fraction of sp³-hybridized carbons (Fsp3) is 0.176. The van der Waals surface area contributed by atoms with Crippen LogP contribution in [-0.2, 0) is 11.2 Å². The van der Waals surface area contributed by atoms with Crippen molar-refractivity contribution in [3.8, 4) is 11.5 Å². The van der Waals surface area contributed by atoms with E-state index in [1.54, 1.807) is 44.6 Å². The van der Waals surface area contributed by atoms with Gasteiger partial charge < -0.3 is 20.1 Å². The van der Waals surface area contributed by atoms with E-state index < -0.39 is 0 Å². The highest BCUT2D eigenvalue weighted by Gasteiger charge is 1.98. The Labute approximate surface area is 144 Å². The first kappa shape index (κ1) is 18.7. The highest BCUT2D eigenvalue weighted by atomic mass is 79.9. The third-order valence-electron chi connectivity index (χ3n) is 2.77. The number of benzene rings is 2. The summed E-state index contributed by atoms with van der Waals surface area (Å²) in [7, 11) is 3.40. The third kappa shape index (κ3) is 6.97. The van der Waals surface area contributed by atoms with E-state index in [0.717, 1.165) is 27.6 Å². The summed E-state index contributed by atoms with van der Waals surface area (Å²) in [5.74, 6) is 1.03. The zero-order chi connectivity index (χ0) is 17.1. The molecule has 2 aromatic rings. The van der Waals surface area contributed by atoms with Gasteiger partial charge >= 0.3 is 0 Å². The second-order valence-electron chi connectivity index (χ2n) is 4.41. The van der Waals surface area contributed by atoms with Crippen LogP contribution in [0.4, 0.5) is 0 Å². The zero-order valence-electron chi connectivity index (χ0n) is 13.0. The number of aldehydes is 1. The summed E-state index contributed by atoms with van der Waals surface area (Å²) in [5.41, 5.74) is 4.51. The molecule has 0 aliphatic carbocycles. The molecule has 2 N–H and O–H groups in total. The van der Waals surface area contributed by atoms with Gasteiger partial charge in [-0.2, -0.15) is 5.10 Å². The number of ether oxygens (including phenoxy) is 1. The lowest BCUT2D eigenvalue weighted by Gasteiger charge is -2.02. The quantitative estimate of drug-likeness (QED) is 0.476. The lowest BCUT2D eigenvalue weighted by molar-refractivity contribution is -0.107. The van der Waals surface area contributed by atoms with Crippen molar-refractivity contribution < 1.29 is 14.6 Å². The number of methoxy groups -OCH3 is 1. The number of nitrogens with one attached hydrogen (secondary N) is 1. The fourth-order valence-corrected chi connectivity index (χ4v) is 2.01. The molecule has 0 saturated heterocycles. The average molecular weight is 379 g/mol. The topological polar surface area (TPSA) is 70.9 Å². The molecule has 2 rings (SSSR count). The Bertz CT molecular complexity index is 660. The molecule has 0 saturated carbocycles. The van der Waals surface area contributed by atoms with Crippen molar-refractivity contribution in [1.82, 2.24) is 5.43 Å². The Balaban J connectivity index is 0.000000238. The molecule has 0 atom stereocenters. The Morgan fingerprint density at radius 3 is 2.70 bits per heavy atom. The summed E-state index contributed by atoms with van der Waals surface area (Å²) in [6.07, 6.45) is 2.91. The Morgan fingerprint density at radius 2 is 2.09 bits per heavy atom. The van der Waals surface area contributed by atoms with Gasteiger partial charge in [-0.1, -0.05) is 28.1 Å². The number of hydrogen-bond donors (Lipinski definition) is 2. The SMILES string of the molecule is CN/N=C/c1cc(OC)ccc1Br.O=CCc1cccc(O)c1. The van der Waals surface area contributed by atoms with Crippen molar-refractivity contribution in [3.63, 3.8) is 0 Å². The molecule has 0 aromatic heterocycles. The maximum Gasteiger partial charge on any atom is 0.124 e. The van der Waals surface area contributed by atoms with E-state index in [2.05, 4.69) is 26.5 Å². The molecular weight excluding hydrogens is 360 g/mol. The third-order valence-corrected chi connectivity index (χ3v) is 3.49. The normalized spacial score (nSPS) is 9.87. The number of hydrazone groups is 1. The molecule has 23 heavy (non-hydrogen) atoms. The number of hydrogen-bond acceptors (Lipinski definition) is 5. The second-order valence-corrected chi connectivity index (χ2v) is 5.26. The number of carbonyl (C=O) groups is 1. The molecule has 122 valence electrons. The Hall–Kier alpha value is -2.34. The first-order valence-electron chi connectivity index (χ1n) is 6.85. The number of nitrogens with zero attached hydrogens (tertiary/aromatic N) is 1. The number of halogens is 1. The van der Waals surface area contributed by atoms with Crippen molar-refractivity contribution in [2.75, 3.05) is 14.2 Å². The van der Waals surface area contributed by atoms with Gasteiger partial charge in [-0.25, -0.2) is 0 Å². The molecule has 0 unspecified atom stereocenters. The van der Waals surface area contributed by atoms with Gasteiger partial charge in [0.15, 0.2) is 0 Å². The minimum atomic E-state index is 0.208. The van der Waals surface area contributed by atoms with Gasteiger partial charge in [-0.05, 0) is 35.9 Å². The van der Waals surface area contributed by atoms with Gasteiger partial charge in [0.1, 0.15) is 17.8 Å². The lowest BCUT2D eigenvalue weighted by atomic mass is 10.2. The smallest absolute Gasteiger partial charge is 0.124 e. The fourth-order valence-electron chi connectivity index (χ4n) is 1.66. The molecule has 5 nitrogen and oxygen atoms in total. The molecule has 6 heteroatoms. The Morgan fingerprint density at radius 1 is 1.30 bits per heavy atom. The van der Waals surface area contributed by atoms with Crippen LogP contribution in [0.15, 0.2) is 52.0 Å². The molecule has 0 aliphatic heterocycles. The van der Waals surface area contributed by atoms with Crippen LogP contribution in [0.3, 0.4) is 0 Å². The highest BCUT2D eigenvalue weighted by molar-refractivity contribution is 9.10. The van der Waals surface area contributed by atoms with Crippen molar-refractivity contribution in [2.24, 2.45) is 5.10 Å². The number of phenolic OH excluding ortho intramolecular Hbond substituents is 1. The van der Waals surface area contributed by atoms with Crippen LogP contribution in [0.2, 0.25) is 0 Å². The first-order chi connectivity index (χ1) is 11.1. The van der Waals surface area contributed by atoms with Crippen LogP contribution in [0.25, 0.3) is 0 Å². The number of rotatable bonds is 5. The maximum absolute atomic E-state index is 10.0. The zero-order valence-corrected chi connectivity index (χ0v) is 14.6. The van der Waals surface area contributed by atoms with Crippen LogP contribution in [0.5, 0.6) is 11.5 Å². The molecular formula is C17H19BrN2O3. The van der Waals surface area contributed by atoms with Crippen molar-refractivity contribution >= 4 is 28.4 Å². The van der Waals surface area contributed by atoms with Gasteiger partial charge in [-0.3, -0.25) is 0 Å². The molecule has 0 bridgehead atoms. The summed E-state index contributed by atoms with van der Waals surface area (Å²) in [6.45, 7) is 0. The number of carbonyl (C=O) groups excluding carboxylic acids is 1. The van der Waals surface area contributed by atoms with Gasteiger partial charge in [-0.15, -0.1) is 0 Å². The van der Waals surface area contributed by atoms with E-state index in [9.17, 15) is 4.79 Å². The minimum absolute atomic E-state index is 0.208. The number of aromatic hydroxyl groups is 1. The maximum atomic E-state index is 10.0. The van der Waals surface area contributed by atoms with Crippen molar-refractivity contribution in [3.05, 3.63) is 58.1 Å². The van der Waals surface area contributed by atoms with Crippen molar-refractivity contribution in [2.45, 2.75) is 6.42 Å². The average Bonchev–Trinajstić information content (AvgIpc) is 2.55. The molecule has 0 spiro atoms. The standard InChI is InChI=1S/C9H11BrN2O.C8H8O2/c1-11-12-6-7-5-8(13-2)3-4-9(7)10;9-5-4-7-2-1-3-8(10)6-7/h3-6,11H,1-2H3;1-3,5-6,10H,4H2/b12-6+;. The van der Waals surface area contributed by atoms with E-state index >= 15 is 0 Å². The largest absolute Gasteiger partial charge is 0.508 e. The van der Waals surface area contributed by atoms with Crippen LogP contribution < -0.4 is 10.2 Å². The number of phenols is 1. The van der Waals surface area contributed by atoms with Crippen LogP contribution in [0.1, 0.15) is 11.1 Å². The Kier molecular flexibility index (Phi) is 8.46. The predicted octanol–water partition coefficient (Wildman–Crippen LogP) is 3.14. The molecule has 0 amide bonds. The summed E-state index contributed by atoms with van der Waals surface area (Å²) in [5, 5.41) is 12.8. The first-order valence-corrected chi connectivity index (χ1v) is 7.65. The molecule has 0 aliphatic rings. The van der Waals surface area contributed by atoms with Gasteiger partial charge in [0.2, 0.25) is 0 Å². The van der Waals surface area contributed by atoms with Crippen LogP contribution in [0, 0.1) is 0 Å². The lowest BCUT2D eigenvalue weighted by Crippen LogP contribution is -1.95. The molecule has 0 heterocycles. The molecule has 0 fully saturated rings. The van der Waals surface area contributed by atoms with Gasteiger partial charge in [0, 0.05) is 23.5 Å². The monoisotopic (exact) mass is 378 g/mol. The predicted molar refractivity (Wildman–Crippen MR) is 95.2 cm³/mol. The van der Waals surface area contributed by atoms with E-state index in [1.165, 1.54) is 0 Å². The van der Waals surface area contributed by atoms with Crippen LogP contribution >= 0.6 is 15.9 Å². The van der Waals surface area contributed by atoms with Crippen LogP contribution in [-0.4, -0.2) is 31.8 Å². The van der Waals surface area contributed by atoms with Crippen molar-refractivity contribution in [1.29, 1.82) is 0 Å². The van der Waals surface area contributed by atoms with Gasteiger partial charge in [0.05, 0.1) is 13.3 Å². The van der Waals surface area contributed by atoms with Gasteiger partial charge in [0.25, 0.3) is 0 Å². The summed E-state index contributed by atoms with van der Waals surface area (Å²) in [4.78, 5) is 10.0. The second kappa shape index (κ2) is 10.4. The summed E-state index contributed by atoms with van der Waals surface area (Å²) in [6, 6.07) is 12.4. The van der Waals surface area contributed by atoms with E-state index in [4.69, 9.17) is 9.84 Å². The van der Waals surface area contributed by atoms with E-state index in [0.29, 0.717) is 6.42 Å². The molecule has 0 radical (unpaired) electrons. The summed E-state index contributed by atoms with van der Waals surface area (Å²) < 4.78 is 6.08. The highest BCUT2D eigenvalue weighted by Crippen LogP contribution is 2.20. The molecule has 2 aromatic carbocycles. The summed E-state index contributed by atoms with van der Waals surface area (Å²) >= 11 is 3.42. The van der Waals surface area contributed by atoms with E-state index in [-0.39, 0.29) is 5.75 Å².